The van der Waals surface area contributed by atoms with Crippen LogP contribution in [0.1, 0.15) is 45.4 Å². The molecule has 2 aliphatic heterocycles. The lowest BCUT2D eigenvalue weighted by molar-refractivity contribution is 0.216. The summed E-state index contributed by atoms with van der Waals surface area (Å²) in [6, 6.07) is 5.83. The van der Waals surface area contributed by atoms with E-state index in [1.807, 2.05) is 22.8 Å². The van der Waals surface area contributed by atoms with Crippen LogP contribution in [0.5, 0.6) is 0 Å². The first-order valence-corrected chi connectivity index (χ1v) is 10.5. The Morgan fingerprint density at radius 1 is 1.19 bits per heavy atom. The lowest BCUT2D eigenvalue weighted by atomic mass is 9.92. The SMILES string of the molecule is C[C@@H]1C[C@@H](C)CN(C(=S)Nc2ccc3nc4n(c(=O)c3c2)CCCCC4)C1. The van der Waals surface area contributed by atoms with Crippen LogP contribution in [0.4, 0.5) is 5.69 Å². The van der Waals surface area contributed by atoms with Crippen LogP contribution in [-0.2, 0) is 13.0 Å². The van der Waals surface area contributed by atoms with Crippen molar-refractivity contribution >= 4 is 33.9 Å². The first-order chi connectivity index (χ1) is 13.0. The zero-order chi connectivity index (χ0) is 19.0. The van der Waals surface area contributed by atoms with E-state index in [1.54, 1.807) is 0 Å². The van der Waals surface area contributed by atoms with Crippen LogP contribution < -0.4 is 10.9 Å². The van der Waals surface area contributed by atoms with Gasteiger partial charge in [-0.1, -0.05) is 20.3 Å². The lowest BCUT2D eigenvalue weighted by Gasteiger charge is -2.36. The predicted molar refractivity (Wildman–Crippen MR) is 114 cm³/mol. The van der Waals surface area contributed by atoms with Gasteiger partial charge in [-0.15, -0.1) is 0 Å². The number of fused-ring (bicyclic) bond motifs is 2. The summed E-state index contributed by atoms with van der Waals surface area (Å²) < 4.78 is 1.87. The van der Waals surface area contributed by atoms with Crippen LogP contribution in [0.15, 0.2) is 23.0 Å². The second kappa shape index (κ2) is 7.58. The number of hydrogen-bond acceptors (Lipinski definition) is 3. The van der Waals surface area contributed by atoms with Crippen LogP contribution >= 0.6 is 12.2 Å². The van der Waals surface area contributed by atoms with Crippen molar-refractivity contribution in [1.82, 2.24) is 14.5 Å². The molecule has 3 heterocycles. The number of aromatic nitrogens is 2. The standard InChI is InChI=1S/C21H28N4OS/c1-14-10-15(2)13-24(12-14)21(27)22-16-7-8-18-17(11-16)20(26)25-9-5-3-4-6-19(25)23-18/h7-8,11,14-15H,3-6,9-10,12-13H2,1-2H3,(H,22,27)/t14-,15-/m1/s1. The number of nitrogens with zero attached hydrogens (tertiary/aromatic N) is 3. The zero-order valence-corrected chi connectivity index (χ0v) is 17.0. The van der Waals surface area contributed by atoms with Gasteiger partial charge in [-0.2, -0.15) is 0 Å². The maximum atomic E-state index is 13.0. The monoisotopic (exact) mass is 384 g/mol. The third-order valence-corrected chi connectivity index (χ3v) is 6.08. The molecule has 1 aromatic heterocycles. The molecule has 0 amide bonds. The smallest absolute Gasteiger partial charge is 0.261 e. The van der Waals surface area contributed by atoms with Crippen molar-refractivity contribution in [1.29, 1.82) is 0 Å². The molecule has 1 N–H and O–H groups in total. The minimum absolute atomic E-state index is 0.0756. The summed E-state index contributed by atoms with van der Waals surface area (Å²) in [5.74, 6) is 2.22. The van der Waals surface area contributed by atoms with E-state index in [1.165, 1.54) is 6.42 Å². The van der Waals surface area contributed by atoms with Gasteiger partial charge in [0.2, 0.25) is 0 Å². The number of piperidine rings is 1. The van der Waals surface area contributed by atoms with Gasteiger partial charge in [-0.05, 0) is 61.5 Å². The van der Waals surface area contributed by atoms with Gasteiger partial charge in [0.05, 0.1) is 10.9 Å². The van der Waals surface area contributed by atoms with E-state index in [0.29, 0.717) is 17.2 Å². The number of likely N-dealkylation sites (tertiary alicyclic amines) is 1. The number of hydrogen-bond donors (Lipinski definition) is 1. The Morgan fingerprint density at radius 2 is 1.96 bits per heavy atom. The van der Waals surface area contributed by atoms with Gasteiger partial charge in [0.1, 0.15) is 5.82 Å². The van der Waals surface area contributed by atoms with Gasteiger partial charge in [-0.25, -0.2) is 4.98 Å². The number of nitrogens with one attached hydrogen (secondary N) is 1. The Morgan fingerprint density at radius 3 is 2.74 bits per heavy atom. The minimum Gasteiger partial charge on any atom is -0.348 e. The largest absolute Gasteiger partial charge is 0.348 e. The van der Waals surface area contributed by atoms with Gasteiger partial charge in [-0.3, -0.25) is 9.36 Å². The number of anilines is 1. The molecule has 27 heavy (non-hydrogen) atoms. The second-order valence-corrected chi connectivity index (χ2v) is 8.70. The molecule has 2 atom stereocenters. The van der Waals surface area contributed by atoms with E-state index in [4.69, 9.17) is 17.2 Å². The van der Waals surface area contributed by atoms with Crippen molar-refractivity contribution in [2.45, 2.75) is 52.5 Å². The molecule has 0 spiro atoms. The summed E-state index contributed by atoms with van der Waals surface area (Å²) >= 11 is 5.65. The number of aryl methyl sites for hydroxylation is 1. The Kier molecular flexibility index (Phi) is 5.17. The minimum atomic E-state index is 0.0756. The lowest BCUT2D eigenvalue weighted by Crippen LogP contribution is -2.44. The third-order valence-electron chi connectivity index (χ3n) is 5.72. The zero-order valence-electron chi connectivity index (χ0n) is 16.2. The average molecular weight is 385 g/mol. The van der Waals surface area contributed by atoms with E-state index in [0.717, 1.165) is 67.5 Å². The molecule has 0 aliphatic carbocycles. The van der Waals surface area contributed by atoms with Crippen LogP contribution in [0.2, 0.25) is 0 Å². The first kappa shape index (κ1) is 18.4. The molecule has 1 fully saturated rings. The van der Waals surface area contributed by atoms with Crippen molar-refractivity contribution in [3.8, 4) is 0 Å². The van der Waals surface area contributed by atoms with Crippen LogP contribution in [0.25, 0.3) is 10.9 Å². The molecule has 0 saturated carbocycles. The van der Waals surface area contributed by atoms with E-state index in [2.05, 4.69) is 24.1 Å². The van der Waals surface area contributed by atoms with Gasteiger partial charge >= 0.3 is 0 Å². The first-order valence-electron chi connectivity index (χ1n) is 10.1. The molecular formula is C21H28N4OS. The van der Waals surface area contributed by atoms with Gasteiger partial charge in [0, 0.05) is 31.7 Å². The van der Waals surface area contributed by atoms with E-state index < -0.39 is 0 Å². The highest BCUT2D eigenvalue weighted by atomic mass is 32.1. The fraction of sp³-hybridized carbons (Fsp3) is 0.571. The van der Waals surface area contributed by atoms with Crippen molar-refractivity contribution in [2.24, 2.45) is 11.8 Å². The third kappa shape index (κ3) is 3.86. The molecule has 1 saturated heterocycles. The molecule has 0 unspecified atom stereocenters. The molecular weight excluding hydrogens is 356 g/mol. The Balaban J connectivity index is 1.61. The Labute approximate surface area is 165 Å². The maximum absolute atomic E-state index is 13.0. The molecule has 4 rings (SSSR count). The molecule has 2 aromatic rings. The maximum Gasteiger partial charge on any atom is 0.261 e. The molecule has 5 nitrogen and oxygen atoms in total. The molecule has 6 heteroatoms. The summed E-state index contributed by atoms with van der Waals surface area (Å²) in [6.45, 7) is 7.30. The van der Waals surface area contributed by atoms with Crippen LogP contribution in [0.3, 0.4) is 0 Å². The number of benzene rings is 1. The highest BCUT2D eigenvalue weighted by molar-refractivity contribution is 7.80. The summed E-state index contributed by atoms with van der Waals surface area (Å²) in [4.78, 5) is 20.0. The average Bonchev–Trinajstić information content (AvgIpc) is 2.87. The molecule has 0 radical (unpaired) electrons. The molecule has 144 valence electrons. The van der Waals surface area contributed by atoms with Gasteiger partial charge in [0.25, 0.3) is 5.56 Å². The summed E-state index contributed by atoms with van der Waals surface area (Å²) in [5, 5.41) is 4.77. The summed E-state index contributed by atoms with van der Waals surface area (Å²) in [6.07, 6.45) is 5.46. The Bertz CT molecular complexity index is 912. The molecule has 0 bridgehead atoms. The van der Waals surface area contributed by atoms with E-state index in [9.17, 15) is 4.79 Å². The Hall–Kier alpha value is -1.95. The van der Waals surface area contributed by atoms with Crippen LogP contribution in [0, 0.1) is 11.8 Å². The fourth-order valence-corrected chi connectivity index (χ4v) is 4.79. The van der Waals surface area contributed by atoms with E-state index in [-0.39, 0.29) is 5.56 Å². The quantitative estimate of drug-likeness (QED) is 0.758. The van der Waals surface area contributed by atoms with Crippen molar-refractivity contribution in [3.63, 3.8) is 0 Å². The molecule has 1 aromatic carbocycles. The van der Waals surface area contributed by atoms with Gasteiger partial charge < -0.3 is 10.2 Å². The van der Waals surface area contributed by atoms with Crippen molar-refractivity contribution in [2.75, 3.05) is 18.4 Å². The number of thiocarbonyl (C=S) groups is 1. The van der Waals surface area contributed by atoms with Crippen molar-refractivity contribution < 1.29 is 0 Å². The fourth-order valence-electron chi connectivity index (χ4n) is 4.53. The molecule has 2 aliphatic rings. The second-order valence-electron chi connectivity index (χ2n) is 8.31. The van der Waals surface area contributed by atoms with Crippen molar-refractivity contribution in [3.05, 3.63) is 34.4 Å². The van der Waals surface area contributed by atoms with Crippen LogP contribution in [-0.4, -0.2) is 32.7 Å². The van der Waals surface area contributed by atoms with E-state index >= 15 is 0 Å². The highest BCUT2D eigenvalue weighted by Gasteiger charge is 2.23. The summed E-state index contributed by atoms with van der Waals surface area (Å²) in [5.41, 5.74) is 1.72. The highest BCUT2D eigenvalue weighted by Crippen LogP contribution is 2.23. The topological polar surface area (TPSA) is 50.2 Å². The van der Waals surface area contributed by atoms with Gasteiger partial charge in [0.15, 0.2) is 5.11 Å². The normalized spacial score (nSPS) is 23.0. The number of rotatable bonds is 1. The summed E-state index contributed by atoms with van der Waals surface area (Å²) in [7, 11) is 0. The predicted octanol–water partition coefficient (Wildman–Crippen LogP) is 3.80.